The predicted molar refractivity (Wildman–Crippen MR) is 17.9 cm³/mol. The molecule has 0 unspecified atom stereocenters. The Hall–Kier alpha value is 1.61. The summed E-state index contributed by atoms with van der Waals surface area (Å²) < 4.78 is 16.9. The van der Waals surface area contributed by atoms with Crippen LogP contribution in [0.15, 0.2) is 0 Å². The van der Waals surface area contributed by atoms with Gasteiger partial charge in [-0.15, -0.1) is 0 Å². The van der Waals surface area contributed by atoms with Crippen molar-refractivity contribution in [2.45, 2.75) is 0 Å². The Kier molecular flexibility index (Phi) is 130. The van der Waals surface area contributed by atoms with Crippen molar-refractivity contribution in [3.8, 4) is 0 Å². The molecular weight excluding hydrogens is 154 g/mol. The van der Waals surface area contributed by atoms with Gasteiger partial charge in [-0.25, -0.2) is 0 Å². The van der Waals surface area contributed by atoms with E-state index in [1.807, 2.05) is 0 Å². The van der Waals surface area contributed by atoms with Crippen LogP contribution in [-0.4, -0.2) is 50.1 Å². The van der Waals surface area contributed by atoms with E-state index in [1.54, 1.807) is 0 Å². The zero-order valence-electron chi connectivity index (χ0n) is 2.25. The summed E-state index contributed by atoms with van der Waals surface area (Å²) in [6, 6.07) is 0. The molecule has 0 aromatic heterocycles. The first kappa shape index (κ1) is 25.5. The average molecular weight is 157 g/mol. The Bertz CT molecular complexity index is 31.8. The van der Waals surface area contributed by atoms with Crippen molar-refractivity contribution in [2.24, 2.45) is 0 Å². The SMILES string of the molecule is O.[Fe].[NaH].[O]=[Al-]=[O]. The molecular formula is H3AlFeNaO3-. The summed E-state index contributed by atoms with van der Waals surface area (Å²) in [6.07, 6.45) is 0. The maximum absolute atomic E-state index is 8.46. The van der Waals surface area contributed by atoms with Crippen molar-refractivity contribution in [3.63, 3.8) is 0 Å². The first-order valence-corrected chi connectivity index (χ1v) is 1.41. The van der Waals surface area contributed by atoms with E-state index in [9.17, 15) is 0 Å². The second-order valence-electron chi connectivity index (χ2n) is 0.0962. The fraction of sp³-hybridized carbons (Fsp3) is 0. The molecule has 0 aliphatic carbocycles. The van der Waals surface area contributed by atoms with Gasteiger partial charge in [0.15, 0.2) is 0 Å². The molecule has 0 rings (SSSR count). The summed E-state index contributed by atoms with van der Waals surface area (Å²) in [5, 5.41) is 0. The fourth-order valence-corrected chi connectivity index (χ4v) is 0. The van der Waals surface area contributed by atoms with E-state index < -0.39 is 15.1 Å². The van der Waals surface area contributed by atoms with Crippen LogP contribution in [0.25, 0.3) is 0 Å². The van der Waals surface area contributed by atoms with E-state index >= 15 is 0 Å². The fourth-order valence-electron chi connectivity index (χ4n) is 0. The van der Waals surface area contributed by atoms with Gasteiger partial charge in [0.25, 0.3) is 0 Å². The third-order valence-corrected chi connectivity index (χ3v) is 0. The van der Waals surface area contributed by atoms with Crippen molar-refractivity contribution in [3.05, 3.63) is 0 Å². The summed E-state index contributed by atoms with van der Waals surface area (Å²) in [6.45, 7) is 0. The summed E-state index contributed by atoms with van der Waals surface area (Å²) in [7, 11) is 0. The monoisotopic (exact) mass is 157 g/mol. The van der Waals surface area contributed by atoms with Crippen LogP contribution in [0, 0.1) is 0 Å². The van der Waals surface area contributed by atoms with Gasteiger partial charge in [0, 0.05) is 17.1 Å². The molecule has 34 valence electrons. The molecule has 0 aliphatic rings. The Morgan fingerprint density at radius 1 is 1.17 bits per heavy atom. The zero-order chi connectivity index (χ0) is 2.71. The van der Waals surface area contributed by atoms with Gasteiger partial charge >= 0.3 is 52.3 Å². The number of hydrogen-bond donors (Lipinski definition) is 0. The van der Waals surface area contributed by atoms with Crippen LogP contribution in [0.1, 0.15) is 0 Å². The van der Waals surface area contributed by atoms with Crippen molar-refractivity contribution in [2.75, 3.05) is 0 Å². The third-order valence-electron chi connectivity index (χ3n) is 0. The first-order chi connectivity index (χ1) is 1.41. The quantitative estimate of drug-likeness (QED) is 0.378. The normalized spacial score (nSPS) is 1.33. The second-order valence-corrected chi connectivity index (χ2v) is 0.289. The molecule has 0 amide bonds. The molecule has 6 heteroatoms. The first-order valence-electron chi connectivity index (χ1n) is 0.471. The van der Waals surface area contributed by atoms with E-state index in [-0.39, 0.29) is 52.1 Å². The average Bonchev–Trinajstić information content (AvgIpc) is 0.918. The molecule has 0 fully saturated rings. The van der Waals surface area contributed by atoms with Gasteiger partial charge in [-0.2, -0.15) is 0 Å². The number of rotatable bonds is 0. The molecule has 0 atom stereocenters. The molecule has 0 saturated heterocycles. The standard InChI is InChI=1S/Al.Fe.Na.H2O.2O.H/h;;;1H2;;;/q-1;;;;;;. The second kappa shape index (κ2) is 30.5. The number of hydrogen-bond acceptors (Lipinski definition) is 2. The van der Waals surface area contributed by atoms with E-state index in [4.69, 9.17) is 7.61 Å². The van der Waals surface area contributed by atoms with Gasteiger partial charge in [-0.05, 0) is 0 Å². The van der Waals surface area contributed by atoms with Crippen LogP contribution in [0.5, 0.6) is 0 Å². The van der Waals surface area contributed by atoms with Gasteiger partial charge < -0.3 is 5.48 Å². The van der Waals surface area contributed by atoms with Gasteiger partial charge in [0.1, 0.15) is 0 Å². The molecule has 0 heterocycles. The molecule has 0 bridgehead atoms. The Morgan fingerprint density at radius 2 is 1.17 bits per heavy atom. The minimum atomic E-state index is -1.75. The molecule has 0 aromatic carbocycles. The van der Waals surface area contributed by atoms with Gasteiger partial charge in [-0.1, -0.05) is 0 Å². The van der Waals surface area contributed by atoms with Crippen molar-refractivity contribution in [1.82, 2.24) is 0 Å². The molecule has 0 saturated carbocycles. The summed E-state index contributed by atoms with van der Waals surface area (Å²) in [5.41, 5.74) is 0. The molecule has 0 aliphatic heterocycles. The molecule has 6 heavy (non-hydrogen) atoms. The minimum absolute atomic E-state index is 0. The molecule has 0 spiro atoms. The predicted octanol–water partition coefficient (Wildman–Crippen LogP) is -2.09. The van der Waals surface area contributed by atoms with Gasteiger partial charge in [-0.3, -0.25) is 0 Å². The molecule has 3 nitrogen and oxygen atoms in total. The van der Waals surface area contributed by atoms with E-state index in [0.29, 0.717) is 0 Å². The van der Waals surface area contributed by atoms with Crippen LogP contribution in [0.2, 0.25) is 0 Å². The van der Waals surface area contributed by atoms with Crippen LogP contribution in [-0.2, 0) is 24.7 Å². The maximum atomic E-state index is 8.46. The van der Waals surface area contributed by atoms with Crippen LogP contribution in [0.3, 0.4) is 0 Å². The van der Waals surface area contributed by atoms with Crippen LogP contribution in [0.4, 0.5) is 0 Å². The summed E-state index contributed by atoms with van der Waals surface area (Å²) in [5.74, 6) is 0. The zero-order valence-corrected chi connectivity index (χ0v) is 4.51. The van der Waals surface area contributed by atoms with Crippen molar-refractivity contribution < 1.29 is 30.2 Å². The third kappa shape index (κ3) is 45.9. The van der Waals surface area contributed by atoms with Crippen LogP contribution >= 0.6 is 0 Å². The van der Waals surface area contributed by atoms with Crippen LogP contribution < -0.4 is 0 Å². The van der Waals surface area contributed by atoms with Crippen molar-refractivity contribution >= 4 is 44.6 Å². The molecule has 2 N–H and O–H groups in total. The molecule has 0 aromatic rings. The van der Waals surface area contributed by atoms with E-state index in [0.717, 1.165) is 0 Å². The molecule has 0 radical (unpaired) electrons. The van der Waals surface area contributed by atoms with Gasteiger partial charge in [0.05, 0.1) is 0 Å². The summed E-state index contributed by atoms with van der Waals surface area (Å²) in [4.78, 5) is 0. The Labute approximate surface area is 74.1 Å². The Balaban J connectivity index is -0.00000000667. The van der Waals surface area contributed by atoms with Gasteiger partial charge in [0.2, 0.25) is 0 Å². The topological polar surface area (TPSA) is 65.6 Å². The van der Waals surface area contributed by atoms with E-state index in [1.165, 1.54) is 0 Å². The van der Waals surface area contributed by atoms with E-state index in [2.05, 4.69) is 0 Å². The Morgan fingerprint density at radius 3 is 1.17 bits per heavy atom. The summed E-state index contributed by atoms with van der Waals surface area (Å²) >= 11 is -1.75. The van der Waals surface area contributed by atoms with Crippen molar-refractivity contribution in [1.29, 1.82) is 0 Å².